The van der Waals surface area contributed by atoms with Gasteiger partial charge in [-0.25, -0.2) is 9.97 Å². The standard InChI is InChI=1S/C19H23F3N6O2.HI/c1-2-23-17(27-13-4-5-14-15(12-13)30-11-3-10-29-14)25-8-9-26-18-24-7-6-16(28-18)19(20,21)22;/h4-7,12H,2-3,8-11H2,1H3,(H2,23,25,27)(H,24,26,28);1H. The van der Waals surface area contributed by atoms with Crippen molar-refractivity contribution < 1.29 is 22.6 Å². The summed E-state index contributed by atoms with van der Waals surface area (Å²) in [6.45, 7) is 4.33. The molecule has 0 fully saturated rings. The molecule has 3 N–H and O–H groups in total. The zero-order valence-electron chi connectivity index (χ0n) is 16.8. The van der Waals surface area contributed by atoms with Crippen molar-refractivity contribution in [2.45, 2.75) is 19.5 Å². The topological polar surface area (TPSA) is 92.7 Å². The van der Waals surface area contributed by atoms with E-state index < -0.39 is 11.9 Å². The van der Waals surface area contributed by atoms with E-state index in [-0.39, 0.29) is 36.5 Å². The third kappa shape index (κ3) is 7.60. The molecule has 8 nitrogen and oxygen atoms in total. The van der Waals surface area contributed by atoms with E-state index in [9.17, 15) is 13.2 Å². The average Bonchev–Trinajstić information content (AvgIpc) is 2.96. The number of alkyl halides is 3. The monoisotopic (exact) mass is 552 g/mol. The number of rotatable bonds is 6. The molecule has 0 saturated carbocycles. The van der Waals surface area contributed by atoms with Gasteiger partial charge in [-0.1, -0.05) is 0 Å². The van der Waals surface area contributed by atoms with Gasteiger partial charge in [0, 0.05) is 37.5 Å². The van der Waals surface area contributed by atoms with Gasteiger partial charge >= 0.3 is 6.18 Å². The third-order valence-electron chi connectivity index (χ3n) is 3.97. The van der Waals surface area contributed by atoms with Crippen LogP contribution in [0.5, 0.6) is 11.5 Å². The molecule has 31 heavy (non-hydrogen) atoms. The molecular formula is C19H24F3IN6O2. The summed E-state index contributed by atoms with van der Waals surface area (Å²) in [6, 6.07) is 6.35. The summed E-state index contributed by atoms with van der Waals surface area (Å²) in [6.07, 6.45) is -2.62. The average molecular weight is 552 g/mol. The zero-order chi connectivity index (χ0) is 21.4. The molecular weight excluding hydrogens is 528 g/mol. The van der Waals surface area contributed by atoms with Gasteiger partial charge in [-0.15, -0.1) is 24.0 Å². The van der Waals surface area contributed by atoms with Crippen molar-refractivity contribution in [3.8, 4) is 11.5 Å². The number of anilines is 2. The maximum absolute atomic E-state index is 12.7. The van der Waals surface area contributed by atoms with Crippen LogP contribution in [0.25, 0.3) is 0 Å². The lowest BCUT2D eigenvalue weighted by Crippen LogP contribution is -2.31. The van der Waals surface area contributed by atoms with Crippen molar-refractivity contribution in [3.05, 3.63) is 36.2 Å². The molecule has 1 aliphatic heterocycles. The Morgan fingerprint density at radius 2 is 1.94 bits per heavy atom. The molecule has 0 amide bonds. The predicted molar refractivity (Wildman–Crippen MR) is 123 cm³/mol. The predicted octanol–water partition coefficient (Wildman–Crippen LogP) is 3.76. The van der Waals surface area contributed by atoms with Gasteiger partial charge in [-0.3, -0.25) is 4.99 Å². The Bertz CT molecular complexity index is 882. The summed E-state index contributed by atoms with van der Waals surface area (Å²) in [5.41, 5.74) is -0.221. The number of hydrogen-bond donors (Lipinski definition) is 3. The number of aromatic nitrogens is 2. The molecule has 2 aromatic rings. The molecule has 170 valence electrons. The van der Waals surface area contributed by atoms with E-state index in [0.717, 1.165) is 24.4 Å². The van der Waals surface area contributed by atoms with Gasteiger partial charge in [-0.05, 0) is 25.1 Å². The van der Waals surface area contributed by atoms with Gasteiger partial charge in [0.15, 0.2) is 17.5 Å². The molecule has 3 rings (SSSR count). The SMILES string of the molecule is CCNC(=NCCNc1nccc(C(F)(F)F)n1)Nc1ccc2c(c1)OCCCO2.I. The zero-order valence-corrected chi connectivity index (χ0v) is 19.2. The first-order valence-electron chi connectivity index (χ1n) is 9.55. The highest BCUT2D eigenvalue weighted by Crippen LogP contribution is 2.32. The fourth-order valence-electron chi connectivity index (χ4n) is 2.62. The number of fused-ring (bicyclic) bond motifs is 1. The maximum atomic E-state index is 12.7. The highest BCUT2D eigenvalue weighted by molar-refractivity contribution is 14.0. The van der Waals surface area contributed by atoms with Gasteiger partial charge in [0.25, 0.3) is 0 Å². The fraction of sp³-hybridized carbons (Fsp3) is 0.421. The minimum absolute atomic E-state index is 0. The lowest BCUT2D eigenvalue weighted by Gasteiger charge is -2.14. The highest BCUT2D eigenvalue weighted by atomic mass is 127. The van der Waals surface area contributed by atoms with E-state index in [2.05, 4.69) is 30.9 Å². The van der Waals surface area contributed by atoms with Gasteiger partial charge in [0.05, 0.1) is 19.8 Å². The van der Waals surface area contributed by atoms with E-state index in [1.807, 2.05) is 25.1 Å². The van der Waals surface area contributed by atoms with E-state index in [0.29, 0.717) is 43.8 Å². The summed E-state index contributed by atoms with van der Waals surface area (Å²) in [4.78, 5) is 11.7. The van der Waals surface area contributed by atoms with Gasteiger partial charge in [-0.2, -0.15) is 13.2 Å². The van der Waals surface area contributed by atoms with Crippen molar-refractivity contribution in [1.29, 1.82) is 0 Å². The number of guanidine groups is 1. The molecule has 0 unspecified atom stereocenters. The first-order chi connectivity index (χ1) is 14.5. The molecule has 1 aromatic carbocycles. The van der Waals surface area contributed by atoms with Crippen LogP contribution >= 0.6 is 24.0 Å². The normalized spacial score (nSPS) is 13.6. The van der Waals surface area contributed by atoms with Gasteiger partial charge in [0.2, 0.25) is 5.95 Å². The smallest absolute Gasteiger partial charge is 0.433 e. The molecule has 0 saturated heterocycles. The molecule has 0 radical (unpaired) electrons. The fourth-order valence-corrected chi connectivity index (χ4v) is 2.62. The third-order valence-corrected chi connectivity index (χ3v) is 3.97. The van der Waals surface area contributed by atoms with Gasteiger partial charge < -0.3 is 25.4 Å². The van der Waals surface area contributed by atoms with Crippen LogP contribution in [0.2, 0.25) is 0 Å². The lowest BCUT2D eigenvalue weighted by atomic mass is 10.3. The quantitative estimate of drug-likeness (QED) is 0.218. The number of benzene rings is 1. The Kier molecular flexibility index (Phi) is 9.40. The Hall–Kier alpha value is -2.51. The molecule has 0 spiro atoms. The van der Waals surface area contributed by atoms with Crippen LogP contribution in [-0.4, -0.2) is 48.8 Å². The summed E-state index contributed by atoms with van der Waals surface area (Å²) in [5.74, 6) is 1.79. The van der Waals surface area contributed by atoms with Crippen LogP contribution < -0.4 is 25.4 Å². The second-order valence-electron chi connectivity index (χ2n) is 6.29. The molecule has 1 aliphatic rings. The second kappa shape index (κ2) is 11.8. The maximum Gasteiger partial charge on any atom is 0.433 e. The van der Waals surface area contributed by atoms with Crippen molar-refractivity contribution in [1.82, 2.24) is 15.3 Å². The molecule has 0 atom stereocenters. The van der Waals surface area contributed by atoms with Gasteiger partial charge in [0.1, 0.15) is 5.69 Å². The van der Waals surface area contributed by atoms with Crippen LogP contribution in [0, 0.1) is 0 Å². The van der Waals surface area contributed by atoms with E-state index in [4.69, 9.17) is 9.47 Å². The minimum atomic E-state index is -4.51. The number of nitrogens with one attached hydrogen (secondary N) is 3. The van der Waals surface area contributed by atoms with Crippen LogP contribution in [0.1, 0.15) is 19.0 Å². The minimum Gasteiger partial charge on any atom is -0.490 e. The lowest BCUT2D eigenvalue weighted by molar-refractivity contribution is -0.141. The molecule has 12 heteroatoms. The summed E-state index contributed by atoms with van der Waals surface area (Å²) in [7, 11) is 0. The Labute approximate surface area is 195 Å². The van der Waals surface area contributed by atoms with Crippen molar-refractivity contribution in [2.75, 3.05) is 43.5 Å². The Morgan fingerprint density at radius 3 is 2.68 bits per heavy atom. The first-order valence-corrected chi connectivity index (χ1v) is 9.55. The van der Waals surface area contributed by atoms with Crippen LogP contribution in [0.4, 0.5) is 24.8 Å². The first kappa shape index (κ1) is 24.8. The Balaban J connectivity index is 0.00000341. The Morgan fingerprint density at radius 1 is 1.16 bits per heavy atom. The number of halogens is 4. The molecule has 0 aliphatic carbocycles. The van der Waals surface area contributed by atoms with Crippen molar-refractivity contribution in [2.24, 2.45) is 4.99 Å². The summed E-state index contributed by atoms with van der Waals surface area (Å²) < 4.78 is 49.4. The molecule has 0 bridgehead atoms. The van der Waals surface area contributed by atoms with E-state index in [1.54, 1.807) is 0 Å². The molecule has 1 aromatic heterocycles. The van der Waals surface area contributed by atoms with Crippen LogP contribution in [0.3, 0.4) is 0 Å². The summed E-state index contributed by atoms with van der Waals surface area (Å²) >= 11 is 0. The largest absolute Gasteiger partial charge is 0.490 e. The molecule has 2 heterocycles. The van der Waals surface area contributed by atoms with Crippen molar-refractivity contribution >= 4 is 41.6 Å². The second-order valence-corrected chi connectivity index (χ2v) is 6.29. The van der Waals surface area contributed by atoms with E-state index >= 15 is 0 Å². The van der Waals surface area contributed by atoms with Crippen LogP contribution in [0.15, 0.2) is 35.5 Å². The number of aliphatic imine (C=N–C) groups is 1. The highest BCUT2D eigenvalue weighted by Gasteiger charge is 2.32. The number of hydrogen-bond acceptors (Lipinski definition) is 6. The van der Waals surface area contributed by atoms with Crippen LogP contribution in [-0.2, 0) is 6.18 Å². The summed E-state index contributed by atoms with van der Waals surface area (Å²) in [5, 5.41) is 9.03. The van der Waals surface area contributed by atoms with E-state index in [1.165, 1.54) is 0 Å². The van der Waals surface area contributed by atoms with Crippen molar-refractivity contribution in [3.63, 3.8) is 0 Å². The number of ether oxygens (including phenoxy) is 2. The number of nitrogens with zero attached hydrogens (tertiary/aromatic N) is 3.